The van der Waals surface area contributed by atoms with E-state index in [0.717, 1.165) is 35.6 Å². The second kappa shape index (κ2) is 6.05. The van der Waals surface area contributed by atoms with Gasteiger partial charge in [-0.1, -0.05) is 20.8 Å². The van der Waals surface area contributed by atoms with E-state index in [2.05, 4.69) is 52.0 Å². The van der Waals surface area contributed by atoms with Crippen LogP contribution >= 0.6 is 15.9 Å². The molecule has 0 radical (unpaired) electrons. The van der Waals surface area contributed by atoms with Gasteiger partial charge >= 0.3 is 0 Å². The number of hydrogen-bond donors (Lipinski definition) is 1. The van der Waals surface area contributed by atoms with Crippen molar-refractivity contribution >= 4 is 21.7 Å². The quantitative estimate of drug-likeness (QED) is 0.836. The third-order valence-electron chi connectivity index (χ3n) is 2.09. The second-order valence-electron chi connectivity index (χ2n) is 3.95. The summed E-state index contributed by atoms with van der Waals surface area (Å²) in [5, 5.41) is 3.31. The molecule has 4 heteroatoms. The van der Waals surface area contributed by atoms with Crippen LogP contribution < -0.4 is 5.32 Å². The summed E-state index contributed by atoms with van der Waals surface area (Å²) in [6.07, 6.45) is 2.02. The van der Waals surface area contributed by atoms with Gasteiger partial charge in [0.15, 0.2) is 0 Å². The van der Waals surface area contributed by atoms with Gasteiger partial charge in [0.1, 0.15) is 16.2 Å². The van der Waals surface area contributed by atoms with Crippen molar-refractivity contribution in [3.8, 4) is 0 Å². The van der Waals surface area contributed by atoms with E-state index in [0.29, 0.717) is 5.92 Å². The fourth-order valence-electron chi connectivity index (χ4n) is 1.20. The predicted molar refractivity (Wildman–Crippen MR) is 67.1 cm³/mol. The molecule has 1 heterocycles. The molecule has 0 aliphatic carbocycles. The highest BCUT2D eigenvalue weighted by atomic mass is 79.9. The number of nitrogens with zero attached hydrogens (tertiary/aromatic N) is 2. The summed E-state index contributed by atoms with van der Waals surface area (Å²) in [5.74, 6) is 2.50. The van der Waals surface area contributed by atoms with E-state index in [9.17, 15) is 0 Å². The zero-order chi connectivity index (χ0) is 11.3. The Labute approximate surface area is 99.8 Å². The van der Waals surface area contributed by atoms with Crippen molar-refractivity contribution in [3.05, 3.63) is 16.5 Å². The van der Waals surface area contributed by atoms with Crippen LogP contribution in [0.3, 0.4) is 0 Å². The van der Waals surface area contributed by atoms with E-state index in [-0.39, 0.29) is 0 Å². The first-order chi connectivity index (χ1) is 7.11. The average molecular weight is 272 g/mol. The molecule has 0 saturated carbocycles. The lowest BCUT2D eigenvalue weighted by Crippen LogP contribution is -2.07. The van der Waals surface area contributed by atoms with Gasteiger partial charge in [-0.2, -0.15) is 0 Å². The lowest BCUT2D eigenvalue weighted by Gasteiger charge is -2.08. The summed E-state index contributed by atoms with van der Waals surface area (Å²) in [6, 6.07) is 1.92. The van der Waals surface area contributed by atoms with Crippen LogP contribution in [0.15, 0.2) is 10.7 Å². The molecule has 0 saturated heterocycles. The molecule has 0 unspecified atom stereocenters. The Balaban J connectivity index is 2.56. The van der Waals surface area contributed by atoms with Crippen LogP contribution in [0.5, 0.6) is 0 Å². The van der Waals surface area contributed by atoms with E-state index in [1.807, 2.05) is 6.07 Å². The number of aryl methyl sites for hydroxylation is 1. The van der Waals surface area contributed by atoms with Gasteiger partial charge in [-0.15, -0.1) is 0 Å². The first kappa shape index (κ1) is 12.4. The number of anilines is 1. The van der Waals surface area contributed by atoms with Crippen LogP contribution in [0, 0.1) is 5.92 Å². The van der Waals surface area contributed by atoms with Gasteiger partial charge in [0.2, 0.25) is 0 Å². The molecular weight excluding hydrogens is 254 g/mol. The van der Waals surface area contributed by atoms with Gasteiger partial charge in [-0.3, -0.25) is 0 Å². The highest BCUT2D eigenvalue weighted by Crippen LogP contribution is 2.13. The third-order valence-corrected chi connectivity index (χ3v) is 2.49. The summed E-state index contributed by atoms with van der Waals surface area (Å²) in [7, 11) is 0. The fourth-order valence-corrected chi connectivity index (χ4v) is 1.62. The maximum absolute atomic E-state index is 4.40. The van der Waals surface area contributed by atoms with E-state index < -0.39 is 0 Å². The van der Waals surface area contributed by atoms with Crippen molar-refractivity contribution < 1.29 is 0 Å². The van der Waals surface area contributed by atoms with Crippen molar-refractivity contribution in [1.82, 2.24) is 9.97 Å². The third kappa shape index (κ3) is 4.60. The molecule has 1 aromatic rings. The first-order valence-electron chi connectivity index (χ1n) is 5.39. The topological polar surface area (TPSA) is 37.8 Å². The van der Waals surface area contributed by atoms with E-state index >= 15 is 0 Å². The second-order valence-corrected chi connectivity index (χ2v) is 4.77. The molecule has 0 aromatic carbocycles. The Hall–Kier alpha value is -0.640. The van der Waals surface area contributed by atoms with Crippen molar-refractivity contribution in [2.75, 3.05) is 11.9 Å². The van der Waals surface area contributed by atoms with Gasteiger partial charge in [0, 0.05) is 19.0 Å². The van der Waals surface area contributed by atoms with E-state index in [4.69, 9.17) is 0 Å². The van der Waals surface area contributed by atoms with Crippen LogP contribution in [0.2, 0.25) is 0 Å². The summed E-state index contributed by atoms with van der Waals surface area (Å²) in [6.45, 7) is 7.45. The number of nitrogens with one attached hydrogen (secondary N) is 1. The van der Waals surface area contributed by atoms with Gasteiger partial charge in [0.25, 0.3) is 0 Å². The Morgan fingerprint density at radius 2 is 2.13 bits per heavy atom. The highest BCUT2D eigenvalue weighted by Gasteiger charge is 2.01. The molecule has 0 bridgehead atoms. The van der Waals surface area contributed by atoms with Crippen LogP contribution in [0.4, 0.5) is 5.82 Å². The fraction of sp³-hybridized carbons (Fsp3) is 0.636. The molecule has 1 rings (SSSR count). The minimum Gasteiger partial charge on any atom is -0.370 e. The molecule has 0 aliphatic rings. The largest absolute Gasteiger partial charge is 0.370 e. The minimum absolute atomic E-state index is 0.716. The maximum atomic E-state index is 4.40. The zero-order valence-corrected chi connectivity index (χ0v) is 11.1. The molecular formula is C11H18BrN3. The SMILES string of the molecule is CCc1nc(Br)cc(NCCC(C)C)n1. The number of aromatic nitrogens is 2. The predicted octanol–water partition coefficient (Wildman–Crippen LogP) is 3.26. The Morgan fingerprint density at radius 3 is 2.73 bits per heavy atom. The Kier molecular flexibility index (Phi) is 5.02. The van der Waals surface area contributed by atoms with Gasteiger partial charge in [-0.05, 0) is 28.3 Å². The first-order valence-corrected chi connectivity index (χ1v) is 6.18. The Bertz CT molecular complexity index is 313. The molecule has 0 spiro atoms. The lowest BCUT2D eigenvalue weighted by molar-refractivity contribution is 0.606. The van der Waals surface area contributed by atoms with Crippen LogP contribution in [-0.4, -0.2) is 16.5 Å². The standard InChI is InChI=1S/C11H18BrN3/c1-4-10-14-9(12)7-11(15-10)13-6-5-8(2)3/h7-8H,4-6H2,1-3H3,(H,13,14,15). The highest BCUT2D eigenvalue weighted by molar-refractivity contribution is 9.10. The van der Waals surface area contributed by atoms with Crippen molar-refractivity contribution in [1.29, 1.82) is 0 Å². The number of rotatable bonds is 5. The smallest absolute Gasteiger partial charge is 0.131 e. The van der Waals surface area contributed by atoms with Gasteiger partial charge in [-0.25, -0.2) is 9.97 Å². The van der Waals surface area contributed by atoms with Gasteiger partial charge < -0.3 is 5.32 Å². The summed E-state index contributed by atoms with van der Waals surface area (Å²) in [4.78, 5) is 8.66. The summed E-state index contributed by atoms with van der Waals surface area (Å²) < 4.78 is 0.849. The molecule has 1 aromatic heterocycles. The van der Waals surface area contributed by atoms with Crippen molar-refractivity contribution in [3.63, 3.8) is 0 Å². The minimum atomic E-state index is 0.716. The molecule has 0 atom stereocenters. The van der Waals surface area contributed by atoms with Crippen molar-refractivity contribution in [2.24, 2.45) is 5.92 Å². The number of halogens is 1. The molecule has 84 valence electrons. The van der Waals surface area contributed by atoms with Gasteiger partial charge in [0.05, 0.1) is 0 Å². The van der Waals surface area contributed by atoms with Crippen LogP contribution in [0.25, 0.3) is 0 Å². The van der Waals surface area contributed by atoms with Crippen LogP contribution in [-0.2, 0) is 6.42 Å². The molecule has 3 nitrogen and oxygen atoms in total. The average Bonchev–Trinajstić information content (AvgIpc) is 2.16. The van der Waals surface area contributed by atoms with Crippen LogP contribution in [0.1, 0.15) is 33.0 Å². The molecule has 0 fully saturated rings. The number of hydrogen-bond acceptors (Lipinski definition) is 3. The van der Waals surface area contributed by atoms with E-state index in [1.54, 1.807) is 0 Å². The molecule has 0 amide bonds. The lowest BCUT2D eigenvalue weighted by atomic mass is 10.1. The monoisotopic (exact) mass is 271 g/mol. The van der Waals surface area contributed by atoms with E-state index in [1.165, 1.54) is 0 Å². The maximum Gasteiger partial charge on any atom is 0.131 e. The molecule has 15 heavy (non-hydrogen) atoms. The Morgan fingerprint density at radius 1 is 1.40 bits per heavy atom. The summed E-state index contributed by atoms with van der Waals surface area (Å²) >= 11 is 3.38. The normalized spacial score (nSPS) is 10.7. The molecule has 0 aliphatic heterocycles. The van der Waals surface area contributed by atoms with Crippen molar-refractivity contribution in [2.45, 2.75) is 33.6 Å². The molecule has 1 N–H and O–H groups in total. The summed E-state index contributed by atoms with van der Waals surface area (Å²) in [5.41, 5.74) is 0. The zero-order valence-electron chi connectivity index (χ0n) is 9.55.